The van der Waals surface area contributed by atoms with Crippen LogP contribution in [0.1, 0.15) is 30.4 Å². The molecule has 1 fully saturated rings. The summed E-state index contributed by atoms with van der Waals surface area (Å²) in [7, 11) is 1.61. The normalized spacial score (nSPS) is 28.5. The number of allylic oxidation sites excluding steroid dienone is 1. The maximum Gasteiger partial charge on any atom is 0.231 e. The van der Waals surface area contributed by atoms with Crippen LogP contribution in [0.15, 0.2) is 17.9 Å². The summed E-state index contributed by atoms with van der Waals surface area (Å²) in [4.78, 5) is 15.1. The van der Waals surface area contributed by atoms with Gasteiger partial charge < -0.3 is 14.2 Å². The zero-order valence-electron chi connectivity index (χ0n) is 13.2. The minimum atomic E-state index is -0.179. The van der Waals surface area contributed by atoms with Gasteiger partial charge in [-0.25, -0.2) is 0 Å². The fraction of sp³-hybridized carbons (Fsp3) is 0.500. The van der Waals surface area contributed by atoms with Gasteiger partial charge in [-0.15, -0.1) is 0 Å². The molecule has 1 saturated heterocycles. The predicted molar refractivity (Wildman–Crippen MR) is 83.4 cm³/mol. The minimum Gasteiger partial charge on any atom is -0.493 e. The predicted octanol–water partition coefficient (Wildman–Crippen LogP) is 2.14. The van der Waals surface area contributed by atoms with Crippen LogP contribution in [0.3, 0.4) is 0 Å². The van der Waals surface area contributed by atoms with E-state index in [9.17, 15) is 4.79 Å². The van der Waals surface area contributed by atoms with Crippen molar-refractivity contribution in [3.63, 3.8) is 0 Å². The number of ketones is 1. The first-order valence-corrected chi connectivity index (χ1v) is 8.23. The van der Waals surface area contributed by atoms with Crippen LogP contribution in [0.4, 0.5) is 0 Å². The second-order valence-corrected chi connectivity index (χ2v) is 6.74. The molecule has 4 aliphatic rings. The highest BCUT2D eigenvalue weighted by atomic mass is 16.7. The minimum absolute atomic E-state index is 0.125. The zero-order valence-corrected chi connectivity index (χ0v) is 13.2. The Kier molecular flexibility index (Phi) is 2.63. The third-order valence-electron chi connectivity index (χ3n) is 5.75. The van der Waals surface area contributed by atoms with Crippen molar-refractivity contribution in [1.29, 1.82) is 0 Å². The van der Waals surface area contributed by atoms with Crippen LogP contribution >= 0.6 is 0 Å². The Morgan fingerprint density at radius 3 is 2.87 bits per heavy atom. The third-order valence-corrected chi connectivity index (χ3v) is 5.75. The summed E-state index contributed by atoms with van der Waals surface area (Å²) in [6, 6.07) is 4.13. The third kappa shape index (κ3) is 1.63. The zero-order chi connectivity index (χ0) is 15.6. The Balaban J connectivity index is 1.79. The fourth-order valence-corrected chi connectivity index (χ4v) is 4.80. The number of hydrogen-bond donors (Lipinski definition) is 0. The van der Waals surface area contributed by atoms with E-state index in [0.717, 1.165) is 55.0 Å². The molecule has 120 valence electrons. The summed E-state index contributed by atoms with van der Waals surface area (Å²) >= 11 is 0. The smallest absolute Gasteiger partial charge is 0.231 e. The molecule has 3 heterocycles. The summed E-state index contributed by atoms with van der Waals surface area (Å²) in [6.07, 6.45) is 3.66. The van der Waals surface area contributed by atoms with Crippen LogP contribution in [0.2, 0.25) is 0 Å². The Morgan fingerprint density at radius 2 is 2.04 bits per heavy atom. The van der Waals surface area contributed by atoms with E-state index >= 15 is 0 Å². The van der Waals surface area contributed by atoms with Crippen molar-refractivity contribution < 1.29 is 19.0 Å². The molecule has 1 aliphatic carbocycles. The first-order valence-electron chi connectivity index (χ1n) is 8.23. The van der Waals surface area contributed by atoms with Crippen molar-refractivity contribution in [3.8, 4) is 11.5 Å². The Labute approximate surface area is 134 Å². The number of benzene rings is 1. The topological polar surface area (TPSA) is 48.0 Å². The number of ether oxygens (including phenoxy) is 3. The van der Waals surface area contributed by atoms with Gasteiger partial charge in [0.25, 0.3) is 0 Å². The van der Waals surface area contributed by atoms with Gasteiger partial charge >= 0.3 is 0 Å². The summed E-state index contributed by atoms with van der Waals surface area (Å²) in [5, 5.41) is 0. The lowest BCUT2D eigenvalue weighted by Crippen LogP contribution is -2.43. The Hall–Kier alpha value is -2.01. The van der Waals surface area contributed by atoms with E-state index in [2.05, 4.69) is 11.0 Å². The molecule has 0 N–H and O–H groups in total. The molecule has 1 aromatic rings. The average Bonchev–Trinajstić information content (AvgIpc) is 3.20. The van der Waals surface area contributed by atoms with E-state index < -0.39 is 0 Å². The van der Waals surface area contributed by atoms with Gasteiger partial charge in [0.15, 0.2) is 23.0 Å². The first-order chi connectivity index (χ1) is 11.2. The van der Waals surface area contributed by atoms with E-state index in [1.165, 1.54) is 5.56 Å². The van der Waals surface area contributed by atoms with E-state index in [-0.39, 0.29) is 18.1 Å². The van der Waals surface area contributed by atoms with Crippen molar-refractivity contribution in [2.75, 3.05) is 27.0 Å². The molecule has 0 unspecified atom stereocenters. The van der Waals surface area contributed by atoms with Crippen molar-refractivity contribution in [3.05, 3.63) is 29.0 Å². The van der Waals surface area contributed by atoms with E-state index in [1.807, 2.05) is 6.07 Å². The molecular weight excluding hydrogens is 294 g/mol. The highest BCUT2D eigenvalue weighted by Gasteiger charge is 2.54. The number of hydrogen-bond acceptors (Lipinski definition) is 5. The monoisotopic (exact) mass is 313 g/mol. The summed E-state index contributed by atoms with van der Waals surface area (Å²) < 4.78 is 16.7. The van der Waals surface area contributed by atoms with Gasteiger partial charge in [0.05, 0.1) is 12.6 Å². The summed E-state index contributed by atoms with van der Waals surface area (Å²) in [5.41, 5.74) is 3.23. The maximum atomic E-state index is 12.6. The summed E-state index contributed by atoms with van der Waals surface area (Å²) in [6.45, 7) is 2.29. The van der Waals surface area contributed by atoms with E-state index in [0.29, 0.717) is 12.2 Å². The van der Waals surface area contributed by atoms with Gasteiger partial charge in [0.2, 0.25) is 6.79 Å². The van der Waals surface area contributed by atoms with Crippen LogP contribution in [0, 0.1) is 0 Å². The number of methoxy groups -OCH3 is 1. The molecule has 5 nitrogen and oxygen atoms in total. The Bertz CT molecular complexity index is 754. The van der Waals surface area contributed by atoms with Gasteiger partial charge in [-0.3, -0.25) is 9.69 Å². The standard InChI is InChI=1S/C18H19NO4/c1-21-17-13(20)9-18-4-2-5-19(18)6-3-11-7-14-15(23-10-22-14)8-12(11)16(17)18/h7-8H,2-6,9-10H2,1H3/t18-/m1/s1. The van der Waals surface area contributed by atoms with Crippen LogP contribution in [0.25, 0.3) is 5.57 Å². The molecule has 5 heteroatoms. The lowest BCUT2D eigenvalue weighted by molar-refractivity contribution is -0.118. The molecule has 3 aliphatic heterocycles. The molecule has 0 aromatic heterocycles. The molecule has 0 amide bonds. The number of nitrogens with zero attached hydrogens (tertiary/aromatic N) is 1. The number of fused-ring (bicyclic) bond motifs is 3. The lowest BCUT2D eigenvalue weighted by atomic mass is 9.83. The van der Waals surface area contributed by atoms with Crippen molar-refractivity contribution >= 4 is 11.4 Å². The Morgan fingerprint density at radius 1 is 1.22 bits per heavy atom. The van der Waals surface area contributed by atoms with Crippen LogP contribution in [-0.2, 0) is 16.0 Å². The second-order valence-electron chi connectivity index (χ2n) is 6.74. The lowest BCUT2D eigenvalue weighted by Gasteiger charge is -2.35. The number of rotatable bonds is 1. The molecule has 0 radical (unpaired) electrons. The molecular formula is C18H19NO4. The molecule has 1 aromatic carbocycles. The highest BCUT2D eigenvalue weighted by molar-refractivity contribution is 6.09. The van der Waals surface area contributed by atoms with Crippen LogP contribution < -0.4 is 9.47 Å². The van der Waals surface area contributed by atoms with Gasteiger partial charge in [-0.2, -0.15) is 0 Å². The molecule has 1 atom stereocenters. The van der Waals surface area contributed by atoms with Gasteiger partial charge in [0, 0.05) is 18.5 Å². The van der Waals surface area contributed by atoms with E-state index in [4.69, 9.17) is 14.2 Å². The molecule has 5 rings (SSSR count). The SMILES string of the molecule is COC1=C2c3cc4c(cc3CCN3CCC[C@@]23CC1=O)OCO4. The molecule has 23 heavy (non-hydrogen) atoms. The van der Waals surface area contributed by atoms with Crippen molar-refractivity contribution in [2.24, 2.45) is 0 Å². The largest absolute Gasteiger partial charge is 0.493 e. The number of carbonyl (C=O) groups is 1. The first kappa shape index (κ1) is 13.4. The number of carbonyl (C=O) groups excluding carboxylic acids is 1. The average molecular weight is 313 g/mol. The van der Waals surface area contributed by atoms with Gasteiger partial charge in [-0.1, -0.05) is 0 Å². The van der Waals surface area contributed by atoms with Crippen molar-refractivity contribution in [2.45, 2.75) is 31.2 Å². The fourth-order valence-electron chi connectivity index (χ4n) is 4.80. The molecule has 1 spiro atoms. The van der Waals surface area contributed by atoms with Gasteiger partial charge in [-0.05, 0) is 49.1 Å². The van der Waals surface area contributed by atoms with Gasteiger partial charge in [0.1, 0.15) is 0 Å². The van der Waals surface area contributed by atoms with E-state index in [1.54, 1.807) is 7.11 Å². The quantitative estimate of drug-likeness (QED) is 0.795. The van der Waals surface area contributed by atoms with Crippen LogP contribution in [-0.4, -0.2) is 43.2 Å². The maximum absolute atomic E-state index is 12.6. The second kappa shape index (κ2) is 4.51. The highest BCUT2D eigenvalue weighted by Crippen LogP contribution is 2.53. The van der Waals surface area contributed by atoms with Crippen LogP contribution in [0.5, 0.6) is 11.5 Å². The van der Waals surface area contributed by atoms with Crippen molar-refractivity contribution in [1.82, 2.24) is 4.90 Å². The summed E-state index contributed by atoms with van der Waals surface area (Å²) in [5.74, 6) is 2.25. The molecule has 0 saturated carbocycles. The number of Topliss-reactive ketones (excluding diaryl/α,β-unsaturated/α-hetero) is 1. The molecule has 0 bridgehead atoms.